The predicted molar refractivity (Wildman–Crippen MR) is 46.0 cm³/mol. The molecule has 13 heavy (non-hydrogen) atoms. The lowest BCUT2D eigenvalue weighted by atomic mass is 9.90. The molecule has 0 radical (unpaired) electrons. The van der Waals surface area contributed by atoms with Gasteiger partial charge < -0.3 is 10.8 Å². The van der Waals surface area contributed by atoms with Crippen molar-refractivity contribution in [2.75, 3.05) is 19.6 Å². The van der Waals surface area contributed by atoms with Gasteiger partial charge in [-0.15, -0.1) is 0 Å². The second-order valence-electron chi connectivity index (χ2n) is 3.79. The first kappa shape index (κ1) is 9.98. The molecule has 0 saturated carbocycles. The number of carbonyl (C=O) groups excluding carboxylic acids is 1. The molecule has 1 unspecified atom stereocenters. The maximum atomic E-state index is 10.8. The molecule has 1 aliphatic rings. The fourth-order valence-corrected chi connectivity index (χ4v) is 1.59. The fourth-order valence-electron chi connectivity index (χ4n) is 1.59. The van der Waals surface area contributed by atoms with Gasteiger partial charge >= 0.3 is 5.97 Å². The number of carboxylic acid groups (broad SMARTS) is 1. The number of hydrogen-bond acceptors (Lipinski definition) is 3. The van der Waals surface area contributed by atoms with E-state index in [2.05, 4.69) is 0 Å². The highest BCUT2D eigenvalue weighted by atomic mass is 16.4. The van der Waals surface area contributed by atoms with Crippen LogP contribution >= 0.6 is 0 Å². The molecule has 1 aliphatic heterocycles. The van der Waals surface area contributed by atoms with Crippen molar-refractivity contribution in [3.8, 4) is 0 Å². The second-order valence-corrected chi connectivity index (χ2v) is 3.79. The molecule has 1 saturated heterocycles. The average Bonchev–Trinajstić information content (AvgIpc) is 2.32. The summed E-state index contributed by atoms with van der Waals surface area (Å²) < 4.78 is 0. The van der Waals surface area contributed by atoms with Gasteiger partial charge in [0.25, 0.3) is 0 Å². The number of nitrogens with two attached hydrogens (primary N) is 1. The molecule has 0 aliphatic carbocycles. The summed E-state index contributed by atoms with van der Waals surface area (Å²) in [5.41, 5.74) is 4.30. The number of carbonyl (C=O) groups is 2. The van der Waals surface area contributed by atoms with Crippen LogP contribution in [0.3, 0.4) is 0 Å². The monoisotopic (exact) mass is 186 g/mol. The van der Waals surface area contributed by atoms with Crippen molar-refractivity contribution in [1.82, 2.24) is 4.90 Å². The number of nitrogens with zero attached hydrogens (tertiary/aromatic N) is 1. The molecular formula is C8H14N2O3. The zero-order valence-electron chi connectivity index (χ0n) is 7.62. The van der Waals surface area contributed by atoms with Crippen LogP contribution in [-0.4, -0.2) is 41.5 Å². The third-order valence-electron chi connectivity index (χ3n) is 2.45. The van der Waals surface area contributed by atoms with Crippen LogP contribution in [0.4, 0.5) is 0 Å². The Kier molecular flexibility index (Phi) is 2.56. The van der Waals surface area contributed by atoms with Gasteiger partial charge in [-0.05, 0) is 19.9 Å². The van der Waals surface area contributed by atoms with E-state index in [0.717, 1.165) is 0 Å². The minimum absolute atomic E-state index is 0.156. The normalized spacial score (nSPS) is 29.0. The molecule has 0 aromatic carbocycles. The SMILES string of the molecule is CC1(C(=O)O)CCN(CC(N)=O)C1. The van der Waals surface area contributed by atoms with Crippen molar-refractivity contribution in [3.63, 3.8) is 0 Å². The lowest BCUT2D eigenvalue weighted by Gasteiger charge is -2.18. The van der Waals surface area contributed by atoms with Crippen molar-refractivity contribution < 1.29 is 14.7 Å². The molecule has 0 aromatic heterocycles. The van der Waals surface area contributed by atoms with Crippen LogP contribution in [0, 0.1) is 5.41 Å². The van der Waals surface area contributed by atoms with Crippen LogP contribution in [0.1, 0.15) is 13.3 Å². The summed E-state index contributed by atoms with van der Waals surface area (Å²) in [4.78, 5) is 23.2. The molecule has 3 N–H and O–H groups in total. The van der Waals surface area contributed by atoms with Crippen LogP contribution in [-0.2, 0) is 9.59 Å². The smallest absolute Gasteiger partial charge is 0.310 e. The molecule has 1 heterocycles. The zero-order chi connectivity index (χ0) is 10.1. The van der Waals surface area contributed by atoms with Gasteiger partial charge in [0.1, 0.15) is 0 Å². The molecular weight excluding hydrogens is 172 g/mol. The molecule has 5 nitrogen and oxygen atoms in total. The van der Waals surface area contributed by atoms with Gasteiger partial charge in [0, 0.05) is 6.54 Å². The summed E-state index contributed by atoms with van der Waals surface area (Å²) in [5.74, 6) is -1.21. The number of amides is 1. The number of aliphatic carboxylic acids is 1. The third-order valence-corrected chi connectivity index (χ3v) is 2.45. The summed E-state index contributed by atoms with van der Waals surface area (Å²) in [5, 5.41) is 8.88. The number of hydrogen-bond donors (Lipinski definition) is 2. The van der Waals surface area contributed by atoms with Gasteiger partial charge in [0.15, 0.2) is 0 Å². The highest BCUT2D eigenvalue weighted by Crippen LogP contribution is 2.29. The molecule has 1 fully saturated rings. The Morgan fingerprint density at radius 3 is 2.62 bits per heavy atom. The third kappa shape index (κ3) is 2.18. The molecule has 1 atom stereocenters. The first-order chi connectivity index (χ1) is 5.94. The fraction of sp³-hybridized carbons (Fsp3) is 0.750. The molecule has 5 heteroatoms. The van der Waals surface area contributed by atoms with E-state index >= 15 is 0 Å². The summed E-state index contributed by atoms with van der Waals surface area (Å²) in [6, 6.07) is 0. The largest absolute Gasteiger partial charge is 0.481 e. The van der Waals surface area contributed by atoms with Crippen LogP contribution in [0.2, 0.25) is 0 Å². The van der Waals surface area contributed by atoms with Crippen molar-refractivity contribution in [2.24, 2.45) is 11.1 Å². The average molecular weight is 186 g/mol. The number of primary amides is 1. The van der Waals surface area contributed by atoms with Crippen LogP contribution in [0.15, 0.2) is 0 Å². The maximum absolute atomic E-state index is 10.8. The first-order valence-electron chi connectivity index (χ1n) is 4.18. The van der Waals surface area contributed by atoms with Gasteiger partial charge in [0.05, 0.1) is 12.0 Å². The number of rotatable bonds is 3. The zero-order valence-corrected chi connectivity index (χ0v) is 7.62. The quantitative estimate of drug-likeness (QED) is 0.608. The minimum atomic E-state index is -0.806. The van der Waals surface area contributed by atoms with E-state index in [9.17, 15) is 9.59 Å². The molecule has 1 rings (SSSR count). The minimum Gasteiger partial charge on any atom is -0.481 e. The first-order valence-corrected chi connectivity index (χ1v) is 4.18. The Morgan fingerprint density at radius 1 is 1.62 bits per heavy atom. The van der Waals surface area contributed by atoms with E-state index in [1.54, 1.807) is 11.8 Å². The molecule has 0 bridgehead atoms. The van der Waals surface area contributed by atoms with Gasteiger partial charge in [-0.25, -0.2) is 0 Å². The van der Waals surface area contributed by atoms with Crippen LogP contribution < -0.4 is 5.73 Å². The molecule has 1 amide bonds. The number of likely N-dealkylation sites (tertiary alicyclic amines) is 1. The van der Waals surface area contributed by atoms with Gasteiger partial charge in [-0.1, -0.05) is 0 Å². The van der Waals surface area contributed by atoms with Crippen molar-refractivity contribution >= 4 is 11.9 Å². The highest BCUT2D eigenvalue weighted by Gasteiger charge is 2.40. The predicted octanol–water partition coefficient (Wildman–Crippen LogP) is -0.732. The summed E-state index contributed by atoms with van der Waals surface area (Å²) in [6.45, 7) is 2.89. The Labute approximate surface area is 76.5 Å². The van der Waals surface area contributed by atoms with Crippen LogP contribution in [0.25, 0.3) is 0 Å². The van der Waals surface area contributed by atoms with Gasteiger partial charge in [0.2, 0.25) is 5.91 Å². The summed E-state index contributed by atoms with van der Waals surface area (Å²) in [7, 11) is 0. The molecule has 0 spiro atoms. The summed E-state index contributed by atoms with van der Waals surface area (Å²) in [6.07, 6.45) is 0.579. The van der Waals surface area contributed by atoms with Crippen molar-refractivity contribution in [2.45, 2.75) is 13.3 Å². The van der Waals surface area contributed by atoms with Crippen molar-refractivity contribution in [3.05, 3.63) is 0 Å². The van der Waals surface area contributed by atoms with E-state index < -0.39 is 17.3 Å². The topological polar surface area (TPSA) is 83.6 Å². The number of carboxylic acids is 1. The highest BCUT2D eigenvalue weighted by molar-refractivity contribution is 5.77. The summed E-state index contributed by atoms with van der Waals surface area (Å²) >= 11 is 0. The van der Waals surface area contributed by atoms with Crippen molar-refractivity contribution in [1.29, 1.82) is 0 Å². The Hall–Kier alpha value is -1.10. The lowest BCUT2D eigenvalue weighted by molar-refractivity contribution is -0.147. The molecule has 0 aromatic rings. The standard InChI is InChI=1S/C8H14N2O3/c1-8(7(12)13)2-3-10(5-8)4-6(9)11/h2-5H2,1H3,(H2,9,11)(H,12,13). The van der Waals surface area contributed by atoms with E-state index in [4.69, 9.17) is 10.8 Å². The van der Waals surface area contributed by atoms with Gasteiger partial charge in [-0.3, -0.25) is 14.5 Å². The Bertz CT molecular complexity index is 242. The van der Waals surface area contributed by atoms with E-state index in [0.29, 0.717) is 19.5 Å². The Morgan fingerprint density at radius 2 is 2.23 bits per heavy atom. The molecule has 74 valence electrons. The lowest BCUT2D eigenvalue weighted by Crippen LogP contribution is -2.36. The second kappa shape index (κ2) is 3.33. The van der Waals surface area contributed by atoms with E-state index in [1.807, 2.05) is 0 Å². The maximum Gasteiger partial charge on any atom is 0.310 e. The van der Waals surface area contributed by atoms with Gasteiger partial charge in [-0.2, -0.15) is 0 Å². The Balaban J connectivity index is 2.53. The van der Waals surface area contributed by atoms with E-state index in [-0.39, 0.29) is 6.54 Å². The van der Waals surface area contributed by atoms with E-state index in [1.165, 1.54) is 0 Å². The van der Waals surface area contributed by atoms with Crippen LogP contribution in [0.5, 0.6) is 0 Å².